The van der Waals surface area contributed by atoms with E-state index in [9.17, 15) is 37.9 Å². The highest BCUT2D eigenvalue weighted by Crippen LogP contribution is 2.66. The van der Waals surface area contributed by atoms with Crippen LogP contribution in [0.2, 0.25) is 0 Å². The van der Waals surface area contributed by atoms with Crippen molar-refractivity contribution >= 4 is 51.0 Å². The zero-order valence-corrected chi connectivity index (χ0v) is 27.3. The molecule has 44 heavy (non-hydrogen) atoms. The number of benzene rings is 1. The monoisotopic (exact) mass is 721 g/mol. The second-order valence-electron chi connectivity index (χ2n) is 9.11. The molecule has 1 aliphatic heterocycles. The molecule has 4 unspecified atom stereocenters. The van der Waals surface area contributed by atoms with Crippen molar-refractivity contribution in [3.63, 3.8) is 0 Å². The number of phosphoric ester groups is 1. The summed E-state index contributed by atoms with van der Waals surface area (Å²) < 4.78 is 59.5. The van der Waals surface area contributed by atoms with Gasteiger partial charge < -0.3 is 34.8 Å². The first-order chi connectivity index (χ1) is 20.4. The molecule has 1 aromatic carbocycles. The van der Waals surface area contributed by atoms with Crippen molar-refractivity contribution in [1.29, 1.82) is 0 Å². The SMILES string of the molecule is Cc1cn([C@H]2CC(OC(=O)c3ccccc3C(C)SSCCN)[C@@H](COP(=O)(O)OP(=O)(O)OP(=O)(O)O)O2)c(=O)[nH]c1=O. The highest BCUT2D eigenvalue weighted by molar-refractivity contribution is 8.76. The van der Waals surface area contributed by atoms with Gasteiger partial charge in [-0.25, -0.2) is 23.3 Å². The summed E-state index contributed by atoms with van der Waals surface area (Å²) in [5.74, 6) is -0.122. The molecule has 23 heteroatoms. The highest BCUT2D eigenvalue weighted by atomic mass is 33.1. The summed E-state index contributed by atoms with van der Waals surface area (Å²) in [6, 6.07) is 6.63. The van der Waals surface area contributed by atoms with E-state index in [4.69, 9.17) is 29.5 Å². The number of aromatic nitrogens is 2. The molecule has 0 aliphatic carbocycles. The Kier molecular flexibility index (Phi) is 12.8. The Morgan fingerprint density at radius 1 is 1.16 bits per heavy atom. The third-order valence-corrected chi connectivity index (χ3v) is 12.4. The van der Waals surface area contributed by atoms with E-state index in [0.717, 1.165) is 4.57 Å². The van der Waals surface area contributed by atoms with E-state index < -0.39 is 65.7 Å². The molecule has 0 saturated carbocycles. The maximum atomic E-state index is 13.4. The van der Waals surface area contributed by atoms with Gasteiger partial charge in [0.2, 0.25) is 0 Å². The minimum Gasteiger partial charge on any atom is -0.456 e. The number of carbonyl (C=O) groups excluding carboxylic acids is 1. The lowest BCUT2D eigenvalue weighted by atomic mass is 10.0. The lowest BCUT2D eigenvalue weighted by molar-refractivity contribution is -0.0512. The first-order valence-electron chi connectivity index (χ1n) is 12.5. The van der Waals surface area contributed by atoms with Crippen LogP contribution in [-0.4, -0.2) is 66.2 Å². The smallest absolute Gasteiger partial charge is 0.456 e. The molecule has 6 atom stereocenters. The van der Waals surface area contributed by atoms with Gasteiger partial charge in [-0.15, -0.1) is 0 Å². The van der Waals surface area contributed by atoms with Gasteiger partial charge in [0, 0.05) is 35.7 Å². The number of aromatic amines is 1. The number of phosphoric acid groups is 3. The van der Waals surface area contributed by atoms with Gasteiger partial charge in [-0.1, -0.05) is 39.8 Å². The summed E-state index contributed by atoms with van der Waals surface area (Å²) >= 11 is 0. The number of nitrogens with two attached hydrogens (primary N) is 1. The van der Waals surface area contributed by atoms with Crippen LogP contribution in [0.1, 0.15) is 46.3 Å². The van der Waals surface area contributed by atoms with Crippen molar-refractivity contribution in [2.45, 2.75) is 44.0 Å². The van der Waals surface area contributed by atoms with Crippen molar-refractivity contribution in [1.82, 2.24) is 9.55 Å². The van der Waals surface area contributed by atoms with Crippen LogP contribution in [0.4, 0.5) is 0 Å². The molecule has 0 bridgehead atoms. The largest absolute Gasteiger partial charge is 0.490 e. The molecule has 1 saturated heterocycles. The minimum absolute atomic E-state index is 0.145. The molecule has 1 fully saturated rings. The molecule has 18 nitrogen and oxygen atoms in total. The molecule has 3 rings (SSSR count). The zero-order valence-electron chi connectivity index (χ0n) is 23.0. The predicted molar refractivity (Wildman–Crippen MR) is 158 cm³/mol. The maximum absolute atomic E-state index is 13.4. The molecule has 1 aromatic heterocycles. The normalized spacial score (nSPS) is 22.2. The van der Waals surface area contributed by atoms with Gasteiger partial charge in [0.25, 0.3) is 5.56 Å². The van der Waals surface area contributed by atoms with E-state index >= 15 is 0 Å². The lowest BCUT2D eigenvalue weighted by Gasteiger charge is -2.22. The topological polar surface area (TPSA) is 276 Å². The molecule has 0 radical (unpaired) electrons. The summed E-state index contributed by atoms with van der Waals surface area (Å²) in [6.07, 6.45) is -2.83. The van der Waals surface area contributed by atoms with Crippen LogP contribution < -0.4 is 17.0 Å². The van der Waals surface area contributed by atoms with Crippen molar-refractivity contribution in [2.24, 2.45) is 5.73 Å². The number of nitrogens with one attached hydrogen (secondary N) is 1. The summed E-state index contributed by atoms with van der Waals surface area (Å²) in [7, 11) is -14.0. The first-order valence-corrected chi connectivity index (χ1v) is 19.4. The maximum Gasteiger partial charge on any atom is 0.490 e. The van der Waals surface area contributed by atoms with Crippen LogP contribution in [0, 0.1) is 6.92 Å². The number of nitrogens with zero attached hydrogens (tertiary/aromatic N) is 1. The molecular formula is C21H30N3O15P3S2. The number of hydrogen-bond donors (Lipinski definition) is 6. The Balaban J connectivity index is 1.85. The quantitative estimate of drug-likeness (QED) is 0.0665. The van der Waals surface area contributed by atoms with E-state index in [1.54, 1.807) is 18.2 Å². The number of esters is 1. The standard InChI is InChI=1S/C21H30N3O15P3S2/c1-12-10-24(21(27)23-19(12)25)18-9-16(17(36-18)11-35-41(31,32)39-42(33,34)38-40(28,29)30)37-20(26)15-6-4-3-5-14(15)13(2)44-43-8-7-22/h3-6,10,13,16-18H,7-9,11,22H2,1-2H3,(H,31,32)(H,33,34)(H,23,25,27)(H2,28,29,30)/t13?,16?,17-,18-/m1/s1. The van der Waals surface area contributed by atoms with E-state index in [1.165, 1.54) is 40.8 Å². The molecule has 0 spiro atoms. The van der Waals surface area contributed by atoms with Crippen molar-refractivity contribution in [3.05, 3.63) is 68.0 Å². The van der Waals surface area contributed by atoms with Gasteiger partial charge in [-0.2, -0.15) is 8.62 Å². The fourth-order valence-corrected chi connectivity index (χ4v) is 9.14. The second-order valence-corrected chi connectivity index (χ2v) is 16.4. The van der Waals surface area contributed by atoms with Crippen LogP contribution in [-0.2, 0) is 36.3 Å². The van der Waals surface area contributed by atoms with Gasteiger partial charge in [-0.05, 0) is 25.5 Å². The van der Waals surface area contributed by atoms with Crippen LogP contribution in [0.25, 0.3) is 0 Å². The van der Waals surface area contributed by atoms with E-state index in [2.05, 4.69) is 13.6 Å². The summed E-state index contributed by atoms with van der Waals surface area (Å²) in [6.45, 7) is 2.83. The van der Waals surface area contributed by atoms with Crippen molar-refractivity contribution in [3.8, 4) is 0 Å². The molecule has 2 heterocycles. The van der Waals surface area contributed by atoms with Gasteiger partial charge in [0.1, 0.15) is 18.4 Å². The molecular weight excluding hydrogens is 691 g/mol. The summed E-state index contributed by atoms with van der Waals surface area (Å²) in [4.78, 5) is 76.5. The van der Waals surface area contributed by atoms with Crippen molar-refractivity contribution < 1.29 is 60.7 Å². The van der Waals surface area contributed by atoms with Crippen LogP contribution in [0.3, 0.4) is 0 Å². The number of aryl methyl sites for hydroxylation is 1. The Bertz CT molecular complexity index is 1600. The van der Waals surface area contributed by atoms with Gasteiger partial charge in [0.15, 0.2) is 0 Å². The first kappa shape index (κ1) is 36.9. The van der Waals surface area contributed by atoms with E-state index in [-0.39, 0.29) is 22.8 Å². The van der Waals surface area contributed by atoms with Gasteiger partial charge >= 0.3 is 35.1 Å². The fraction of sp³-hybridized carbons (Fsp3) is 0.476. The molecule has 246 valence electrons. The number of hydrogen-bond acceptors (Lipinski definition) is 14. The molecule has 0 amide bonds. The Morgan fingerprint density at radius 3 is 2.50 bits per heavy atom. The third-order valence-electron chi connectivity index (χ3n) is 5.75. The number of rotatable bonds is 15. The summed E-state index contributed by atoms with van der Waals surface area (Å²) in [5.41, 5.74) is 5.02. The van der Waals surface area contributed by atoms with Crippen LogP contribution in [0.15, 0.2) is 40.1 Å². The predicted octanol–water partition coefficient (Wildman–Crippen LogP) is 2.10. The van der Waals surface area contributed by atoms with Gasteiger partial charge in [0.05, 0.1) is 12.2 Å². The number of ether oxygens (including phenoxy) is 2. The zero-order chi connectivity index (χ0) is 32.9. The number of carbonyl (C=O) groups is 1. The second kappa shape index (κ2) is 15.3. The van der Waals surface area contributed by atoms with E-state index in [1.807, 2.05) is 6.92 Å². The summed E-state index contributed by atoms with van der Waals surface area (Å²) in [5, 5.41) is -0.161. The Morgan fingerprint density at radius 2 is 1.84 bits per heavy atom. The lowest BCUT2D eigenvalue weighted by Crippen LogP contribution is -2.33. The molecule has 2 aromatic rings. The molecule has 7 N–H and O–H groups in total. The molecule has 1 aliphatic rings. The van der Waals surface area contributed by atoms with Crippen molar-refractivity contribution in [2.75, 3.05) is 18.9 Å². The van der Waals surface area contributed by atoms with Crippen LogP contribution in [0.5, 0.6) is 0 Å². The third kappa shape index (κ3) is 10.7. The Hall–Kier alpha value is -1.60. The van der Waals surface area contributed by atoms with Crippen LogP contribution >= 0.6 is 45.1 Å². The van der Waals surface area contributed by atoms with Gasteiger partial charge in [-0.3, -0.25) is 18.9 Å². The number of H-pyrrole nitrogens is 1. The Labute approximate surface area is 257 Å². The minimum atomic E-state index is -5.79. The average Bonchev–Trinajstić information content (AvgIpc) is 3.29. The average molecular weight is 722 g/mol. The highest BCUT2D eigenvalue weighted by Gasteiger charge is 2.44. The van der Waals surface area contributed by atoms with E-state index in [0.29, 0.717) is 17.9 Å². The fourth-order valence-electron chi connectivity index (χ4n) is 3.90.